The monoisotopic (exact) mass is 265 g/mol. The van der Waals surface area contributed by atoms with E-state index < -0.39 is 0 Å². The molecule has 0 bridgehead atoms. The summed E-state index contributed by atoms with van der Waals surface area (Å²) in [5.74, 6) is 0.761. The van der Waals surface area contributed by atoms with Gasteiger partial charge in [-0.3, -0.25) is 0 Å². The number of rotatable bonds is 2. The summed E-state index contributed by atoms with van der Waals surface area (Å²) in [5, 5.41) is 0. The van der Waals surface area contributed by atoms with Crippen LogP contribution in [0, 0.1) is 6.92 Å². The van der Waals surface area contributed by atoms with Gasteiger partial charge in [0.2, 0.25) is 0 Å². The molecule has 100 valence electrons. The van der Waals surface area contributed by atoms with E-state index in [1.165, 1.54) is 0 Å². The molecule has 2 heterocycles. The van der Waals surface area contributed by atoms with Crippen LogP contribution in [0.2, 0.25) is 0 Å². The van der Waals surface area contributed by atoms with Gasteiger partial charge in [-0.15, -0.1) is 0 Å². The Hall–Kier alpha value is -2.27. The van der Waals surface area contributed by atoms with Crippen LogP contribution in [0.1, 0.15) is 24.4 Å². The standard InChI is InChI=1S/C15H15N5/c1-9-6-12(20-14(19-9)15(16)4-5-15)10-2-3-11-13(7-10)18-8-17-11/h2-3,6-8H,4-5,16H2,1H3,(H,17,18). The summed E-state index contributed by atoms with van der Waals surface area (Å²) in [6.45, 7) is 1.98. The molecule has 20 heavy (non-hydrogen) atoms. The summed E-state index contributed by atoms with van der Waals surface area (Å²) in [6.07, 6.45) is 3.63. The van der Waals surface area contributed by atoms with Crippen LogP contribution in [0.5, 0.6) is 0 Å². The van der Waals surface area contributed by atoms with Crippen molar-refractivity contribution in [3.05, 3.63) is 42.1 Å². The van der Waals surface area contributed by atoms with Gasteiger partial charge in [-0.2, -0.15) is 0 Å². The second kappa shape index (κ2) is 3.86. The third-order valence-corrected chi connectivity index (χ3v) is 3.80. The molecule has 0 atom stereocenters. The Kier molecular flexibility index (Phi) is 2.23. The normalized spacial score (nSPS) is 16.5. The van der Waals surface area contributed by atoms with Gasteiger partial charge < -0.3 is 10.7 Å². The molecule has 1 saturated carbocycles. The molecule has 3 N–H and O–H groups in total. The summed E-state index contributed by atoms with van der Waals surface area (Å²) in [6, 6.07) is 8.08. The lowest BCUT2D eigenvalue weighted by Crippen LogP contribution is -2.22. The molecule has 0 radical (unpaired) electrons. The van der Waals surface area contributed by atoms with Crippen LogP contribution in [0.4, 0.5) is 0 Å². The summed E-state index contributed by atoms with van der Waals surface area (Å²) in [4.78, 5) is 16.5. The lowest BCUT2D eigenvalue weighted by atomic mass is 10.1. The number of aromatic nitrogens is 4. The average molecular weight is 265 g/mol. The van der Waals surface area contributed by atoms with Crippen molar-refractivity contribution < 1.29 is 0 Å². The zero-order valence-electron chi connectivity index (χ0n) is 11.2. The van der Waals surface area contributed by atoms with Crippen LogP contribution in [-0.4, -0.2) is 19.9 Å². The number of hydrogen-bond acceptors (Lipinski definition) is 4. The Balaban J connectivity index is 1.86. The maximum atomic E-state index is 6.22. The van der Waals surface area contributed by atoms with E-state index in [1.807, 2.05) is 25.1 Å². The van der Waals surface area contributed by atoms with Crippen molar-refractivity contribution in [2.24, 2.45) is 5.73 Å². The number of aromatic amines is 1. The van der Waals surface area contributed by atoms with E-state index in [0.29, 0.717) is 0 Å². The van der Waals surface area contributed by atoms with Gasteiger partial charge in [0.25, 0.3) is 0 Å². The Morgan fingerprint density at radius 3 is 2.85 bits per heavy atom. The van der Waals surface area contributed by atoms with Crippen molar-refractivity contribution in [2.75, 3.05) is 0 Å². The van der Waals surface area contributed by atoms with Crippen molar-refractivity contribution in [2.45, 2.75) is 25.3 Å². The molecule has 1 aliphatic rings. The number of fused-ring (bicyclic) bond motifs is 1. The molecule has 4 rings (SSSR count). The second-order valence-electron chi connectivity index (χ2n) is 5.51. The number of benzene rings is 1. The largest absolute Gasteiger partial charge is 0.345 e. The topological polar surface area (TPSA) is 80.5 Å². The number of hydrogen-bond donors (Lipinski definition) is 2. The number of nitrogens with one attached hydrogen (secondary N) is 1. The fraction of sp³-hybridized carbons (Fsp3) is 0.267. The van der Waals surface area contributed by atoms with Crippen molar-refractivity contribution in [3.63, 3.8) is 0 Å². The molecule has 5 nitrogen and oxygen atoms in total. The third-order valence-electron chi connectivity index (χ3n) is 3.80. The molecular weight excluding hydrogens is 250 g/mol. The first kappa shape index (κ1) is 11.5. The molecule has 2 aromatic heterocycles. The lowest BCUT2D eigenvalue weighted by Gasteiger charge is -2.10. The molecule has 0 saturated heterocycles. The Bertz CT molecular complexity index is 801. The van der Waals surface area contributed by atoms with E-state index in [1.54, 1.807) is 6.33 Å². The molecule has 1 fully saturated rings. The summed E-state index contributed by atoms with van der Waals surface area (Å²) >= 11 is 0. The number of imidazole rings is 1. The van der Waals surface area contributed by atoms with Gasteiger partial charge in [-0.1, -0.05) is 6.07 Å². The number of nitrogens with zero attached hydrogens (tertiary/aromatic N) is 3. The Morgan fingerprint density at radius 1 is 1.20 bits per heavy atom. The van der Waals surface area contributed by atoms with Crippen LogP contribution < -0.4 is 5.73 Å². The number of H-pyrrole nitrogens is 1. The zero-order chi connectivity index (χ0) is 13.7. The maximum absolute atomic E-state index is 6.22. The molecule has 1 aromatic carbocycles. The molecule has 0 spiro atoms. The minimum atomic E-state index is -0.307. The second-order valence-corrected chi connectivity index (χ2v) is 5.51. The van der Waals surface area contributed by atoms with Gasteiger partial charge in [-0.25, -0.2) is 15.0 Å². The number of aryl methyl sites for hydroxylation is 1. The van der Waals surface area contributed by atoms with Crippen molar-refractivity contribution in [1.82, 2.24) is 19.9 Å². The fourth-order valence-electron chi connectivity index (χ4n) is 2.39. The average Bonchev–Trinajstić information content (AvgIpc) is 3.03. The predicted octanol–water partition coefficient (Wildman–Crippen LogP) is 2.28. The molecule has 0 unspecified atom stereocenters. The highest BCUT2D eigenvalue weighted by Gasteiger charge is 2.43. The first-order valence-corrected chi connectivity index (χ1v) is 6.73. The molecule has 0 aliphatic heterocycles. The van der Waals surface area contributed by atoms with Crippen LogP contribution in [0.15, 0.2) is 30.6 Å². The van der Waals surface area contributed by atoms with E-state index in [9.17, 15) is 0 Å². The van der Waals surface area contributed by atoms with Crippen LogP contribution in [0.3, 0.4) is 0 Å². The van der Waals surface area contributed by atoms with Gasteiger partial charge >= 0.3 is 0 Å². The highest BCUT2D eigenvalue weighted by Crippen LogP contribution is 2.41. The third kappa shape index (κ3) is 1.78. The van der Waals surface area contributed by atoms with E-state index >= 15 is 0 Å². The SMILES string of the molecule is Cc1cc(-c2ccc3nc[nH]c3c2)nc(C2(N)CC2)n1. The van der Waals surface area contributed by atoms with Gasteiger partial charge in [0.1, 0.15) is 5.82 Å². The van der Waals surface area contributed by atoms with Crippen LogP contribution in [0.25, 0.3) is 22.3 Å². The minimum absolute atomic E-state index is 0.307. The van der Waals surface area contributed by atoms with Gasteiger partial charge in [0.15, 0.2) is 0 Å². The van der Waals surface area contributed by atoms with Crippen LogP contribution >= 0.6 is 0 Å². The quantitative estimate of drug-likeness (QED) is 0.745. The van der Waals surface area contributed by atoms with E-state index in [-0.39, 0.29) is 5.54 Å². The van der Waals surface area contributed by atoms with Crippen molar-refractivity contribution in [1.29, 1.82) is 0 Å². The maximum Gasteiger partial charge on any atom is 0.149 e. The van der Waals surface area contributed by atoms with Gasteiger partial charge in [0, 0.05) is 11.3 Å². The van der Waals surface area contributed by atoms with Crippen molar-refractivity contribution >= 4 is 11.0 Å². The minimum Gasteiger partial charge on any atom is -0.345 e. The van der Waals surface area contributed by atoms with Gasteiger partial charge in [0.05, 0.1) is 28.6 Å². The first-order valence-electron chi connectivity index (χ1n) is 6.73. The van der Waals surface area contributed by atoms with E-state index in [2.05, 4.69) is 26.0 Å². The summed E-state index contributed by atoms with van der Waals surface area (Å²) < 4.78 is 0. The Labute approximate surface area is 116 Å². The zero-order valence-corrected chi connectivity index (χ0v) is 11.2. The molecular formula is C15H15N5. The fourth-order valence-corrected chi connectivity index (χ4v) is 2.39. The number of nitrogens with two attached hydrogens (primary N) is 1. The molecule has 5 heteroatoms. The van der Waals surface area contributed by atoms with E-state index in [4.69, 9.17) is 5.73 Å². The smallest absolute Gasteiger partial charge is 0.149 e. The van der Waals surface area contributed by atoms with E-state index in [0.717, 1.165) is 46.7 Å². The summed E-state index contributed by atoms with van der Waals surface area (Å²) in [5.41, 5.74) is 10.8. The molecule has 0 amide bonds. The lowest BCUT2D eigenvalue weighted by molar-refractivity contribution is 0.669. The Morgan fingerprint density at radius 2 is 2.05 bits per heavy atom. The first-order chi connectivity index (χ1) is 9.64. The highest BCUT2D eigenvalue weighted by atomic mass is 15.0. The molecule has 3 aromatic rings. The highest BCUT2D eigenvalue weighted by molar-refractivity contribution is 5.80. The summed E-state index contributed by atoms with van der Waals surface area (Å²) in [7, 11) is 0. The predicted molar refractivity (Wildman–Crippen MR) is 77.0 cm³/mol. The van der Waals surface area contributed by atoms with Crippen molar-refractivity contribution in [3.8, 4) is 11.3 Å². The molecule has 1 aliphatic carbocycles. The van der Waals surface area contributed by atoms with Gasteiger partial charge in [-0.05, 0) is 38.0 Å². The van der Waals surface area contributed by atoms with Crippen LogP contribution in [-0.2, 0) is 5.54 Å².